The summed E-state index contributed by atoms with van der Waals surface area (Å²) in [5, 5.41) is 0. The van der Waals surface area contributed by atoms with Gasteiger partial charge in [-0.25, -0.2) is 0 Å². The van der Waals surface area contributed by atoms with Crippen molar-refractivity contribution in [2.75, 3.05) is 13.1 Å². The molecule has 106 valence electrons. The van der Waals surface area contributed by atoms with Gasteiger partial charge in [-0.1, -0.05) is 31.2 Å². The lowest BCUT2D eigenvalue weighted by Gasteiger charge is -2.44. The van der Waals surface area contributed by atoms with Crippen LogP contribution in [0.5, 0.6) is 0 Å². The summed E-state index contributed by atoms with van der Waals surface area (Å²) in [6.45, 7) is 8.86. The Morgan fingerprint density at radius 3 is 2.68 bits per heavy atom. The highest BCUT2D eigenvalue weighted by Crippen LogP contribution is 2.38. The maximum absolute atomic E-state index is 6.06. The van der Waals surface area contributed by atoms with E-state index in [1.54, 1.807) is 0 Å². The van der Waals surface area contributed by atoms with Gasteiger partial charge in [0.1, 0.15) is 0 Å². The predicted molar refractivity (Wildman–Crippen MR) is 82.2 cm³/mol. The molecule has 2 atom stereocenters. The topological polar surface area (TPSA) is 29.3 Å². The minimum Gasteiger partial charge on any atom is -0.330 e. The summed E-state index contributed by atoms with van der Waals surface area (Å²) >= 11 is 0. The van der Waals surface area contributed by atoms with Crippen LogP contribution in [0.2, 0.25) is 0 Å². The van der Waals surface area contributed by atoms with Crippen molar-refractivity contribution in [1.82, 2.24) is 4.90 Å². The van der Waals surface area contributed by atoms with Crippen LogP contribution in [0.3, 0.4) is 0 Å². The van der Waals surface area contributed by atoms with Crippen LogP contribution in [0, 0.1) is 5.92 Å². The standard InChI is InChI=1S/C17H28N2/c1-4-14-8-5-6-10-16(14)17-15(12-18)9-7-11-19(17)13(2)3/h5-6,8,10,13,15,17H,4,7,9,11-12,18H2,1-3H3. The van der Waals surface area contributed by atoms with Gasteiger partial charge in [-0.05, 0) is 63.2 Å². The number of rotatable bonds is 4. The minimum atomic E-state index is 0.509. The summed E-state index contributed by atoms with van der Waals surface area (Å²) in [6.07, 6.45) is 3.66. The second-order valence-corrected chi connectivity index (χ2v) is 5.97. The molecule has 0 bridgehead atoms. The van der Waals surface area contributed by atoms with Gasteiger partial charge in [0, 0.05) is 12.1 Å². The Morgan fingerprint density at radius 2 is 2.05 bits per heavy atom. The molecule has 1 heterocycles. The molecule has 2 N–H and O–H groups in total. The molecule has 2 rings (SSSR count). The normalized spacial score (nSPS) is 24.9. The predicted octanol–water partition coefficient (Wildman–Crippen LogP) is 3.37. The first-order valence-corrected chi connectivity index (χ1v) is 7.72. The van der Waals surface area contributed by atoms with Crippen molar-refractivity contribution in [3.63, 3.8) is 0 Å². The third-order valence-electron chi connectivity index (χ3n) is 4.52. The third kappa shape index (κ3) is 3.01. The molecule has 0 radical (unpaired) electrons. The number of nitrogens with two attached hydrogens (primary N) is 1. The molecule has 0 aliphatic carbocycles. The lowest BCUT2D eigenvalue weighted by molar-refractivity contribution is 0.0660. The Balaban J connectivity index is 2.39. The first-order chi connectivity index (χ1) is 9.19. The molecule has 1 aromatic rings. The van der Waals surface area contributed by atoms with Gasteiger partial charge >= 0.3 is 0 Å². The molecule has 2 unspecified atom stereocenters. The van der Waals surface area contributed by atoms with Crippen LogP contribution in [-0.4, -0.2) is 24.0 Å². The zero-order valence-corrected chi connectivity index (χ0v) is 12.6. The van der Waals surface area contributed by atoms with Gasteiger partial charge in [-0.2, -0.15) is 0 Å². The Morgan fingerprint density at radius 1 is 1.32 bits per heavy atom. The van der Waals surface area contributed by atoms with Gasteiger partial charge in [0.15, 0.2) is 0 Å². The molecule has 0 aromatic heterocycles. The molecule has 0 amide bonds. The van der Waals surface area contributed by atoms with E-state index >= 15 is 0 Å². The largest absolute Gasteiger partial charge is 0.330 e. The van der Waals surface area contributed by atoms with Gasteiger partial charge in [0.05, 0.1) is 0 Å². The number of aryl methyl sites for hydroxylation is 1. The van der Waals surface area contributed by atoms with E-state index in [9.17, 15) is 0 Å². The van der Waals surface area contributed by atoms with Crippen molar-refractivity contribution >= 4 is 0 Å². The molecular weight excluding hydrogens is 232 g/mol. The highest BCUT2D eigenvalue weighted by molar-refractivity contribution is 5.31. The van der Waals surface area contributed by atoms with E-state index in [2.05, 4.69) is 49.9 Å². The fourth-order valence-electron chi connectivity index (χ4n) is 3.51. The van der Waals surface area contributed by atoms with Crippen LogP contribution in [0.15, 0.2) is 24.3 Å². The van der Waals surface area contributed by atoms with E-state index in [-0.39, 0.29) is 0 Å². The van der Waals surface area contributed by atoms with E-state index in [4.69, 9.17) is 5.73 Å². The highest BCUT2D eigenvalue weighted by atomic mass is 15.2. The van der Waals surface area contributed by atoms with Crippen molar-refractivity contribution < 1.29 is 0 Å². The number of benzene rings is 1. The number of hydrogen-bond donors (Lipinski definition) is 1. The number of nitrogens with zero attached hydrogens (tertiary/aromatic N) is 1. The molecule has 1 aromatic carbocycles. The lowest BCUT2D eigenvalue weighted by Crippen LogP contribution is -2.45. The van der Waals surface area contributed by atoms with Crippen molar-refractivity contribution in [2.24, 2.45) is 11.7 Å². The Bertz CT molecular complexity index is 400. The summed E-state index contributed by atoms with van der Waals surface area (Å²) in [7, 11) is 0. The first kappa shape index (κ1) is 14.5. The van der Waals surface area contributed by atoms with E-state index < -0.39 is 0 Å². The Hall–Kier alpha value is -0.860. The molecule has 0 saturated carbocycles. The maximum atomic E-state index is 6.06. The molecule has 1 saturated heterocycles. The molecule has 1 aliphatic heterocycles. The van der Waals surface area contributed by atoms with Crippen LogP contribution in [-0.2, 0) is 6.42 Å². The summed E-state index contributed by atoms with van der Waals surface area (Å²) < 4.78 is 0. The van der Waals surface area contributed by atoms with Crippen LogP contribution in [0.1, 0.15) is 50.8 Å². The van der Waals surface area contributed by atoms with Crippen LogP contribution in [0.25, 0.3) is 0 Å². The van der Waals surface area contributed by atoms with Crippen LogP contribution in [0.4, 0.5) is 0 Å². The van der Waals surface area contributed by atoms with Crippen molar-refractivity contribution in [2.45, 2.75) is 52.1 Å². The Kier molecular flexibility index (Phi) is 5.00. The first-order valence-electron chi connectivity index (χ1n) is 7.72. The number of likely N-dealkylation sites (tertiary alicyclic amines) is 1. The molecular formula is C17H28N2. The fourth-order valence-corrected chi connectivity index (χ4v) is 3.51. The monoisotopic (exact) mass is 260 g/mol. The van der Waals surface area contributed by atoms with E-state index in [1.807, 2.05) is 0 Å². The van der Waals surface area contributed by atoms with Crippen molar-refractivity contribution in [1.29, 1.82) is 0 Å². The average Bonchev–Trinajstić information content (AvgIpc) is 2.46. The van der Waals surface area contributed by atoms with Gasteiger partial charge in [-0.3, -0.25) is 4.90 Å². The molecule has 1 aliphatic rings. The molecule has 2 heteroatoms. The average molecular weight is 260 g/mol. The van der Waals surface area contributed by atoms with Gasteiger partial charge in [-0.15, -0.1) is 0 Å². The summed E-state index contributed by atoms with van der Waals surface area (Å²) in [5.41, 5.74) is 9.05. The molecule has 2 nitrogen and oxygen atoms in total. The van der Waals surface area contributed by atoms with Crippen LogP contribution < -0.4 is 5.73 Å². The van der Waals surface area contributed by atoms with Crippen LogP contribution >= 0.6 is 0 Å². The zero-order valence-electron chi connectivity index (χ0n) is 12.6. The van der Waals surface area contributed by atoms with Gasteiger partial charge in [0.2, 0.25) is 0 Å². The Labute approximate surface area is 118 Å². The summed E-state index contributed by atoms with van der Waals surface area (Å²) in [4.78, 5) is 2.65. The molecule has 19 heavy (non-hydrogen) atoms. The second kappa shape index (κ2) is 6.53. The van der Waals surface area contributed by atoms with E-state index in [0.717, 1.165) is 13.0 Å². The van der Waals surface area contributed by atoms with Gasteiger partial charge < -0.3 is 5.73 Å². The lowest BCUT2D eigenvalue weighted by atomic mass is 9.82. The zero-order chi connectivity index (χ0) is 13.8. The van der Waals surface area contributed by atoms with E-state index in [0.29, 0.717) is 18.0 Å². The molecule has 1 fully saturated rings. The quantitative estimate of drug-likeness (QED) is 0.899. The smallest absolute Gasteiger partial charge is 0.0393 e. The minimum absolute atomic E-state index is 0.509. The highest BCUT2D eigenvalue weighted by Gasteiger charge is 2.33. The van der Waals surface area contributed by atoms with Crippen molar-refractivity contribution in [3.05, 3.63) is 35.4 Å². The maximum Gasteiger partial charge on any atom is 0.0393 e. The number of hydrogen-bond acceptors (Lipinski definition) is 2. The van der Waals surface area contributed by atoms with E-state index in [1.165, 1.54) is 30.5 Å². The summed E-state index contributed by atoms with van der Waals surface area (Å²) in [6, 6.07) is 10.0. The summed E-state index contributed by atoms with van der Waals surface area (Å²) in [5.74, 6) is 0.601. The fraction of sp³-hybridized carbons (Fsp3) is 0.647. The SMILES string of the molecule is CCc1ccccc1C1C(CN)CCCN1C(C)C. The second-order valence-electron chi connectivity index (χ2n) is 5.97. The number of piperidine rings is 1. The third-order valence-corrected chi connectivity index (χ3v) is 4.52. The van der Waals surface area contributed by atoms with Crippen molar-refractivity contribution in [3.8, 4) is 0 Å². The molecule has 0 spiro atoms. The van der Waals surface area contributed by atoms with Gasteiger partial charge in [0.25, 0.3) is 0 Å².